The molecule has 0 spiro atoms. The Hall–Kier alpha value is -0.860. The number of likely N-dealkylation sites (N-methyl/N-ethyl adjacent to an activating group) is 1. The average Bonchev–Trinajstić information content (AvgIpc) is 2.17. The highest BCUT2D eigenvalue weighted by molar-refractivity contribution is 5.27. The maximum Gasteiger partial charge on any atom is 0.0704 e. The topological polar surface area (TPSA) is 32.3 Å². The molecule has 0 heterocycles. The van der Waals surface area contributed by atoms with Gasteiger partial charge in [-0.05, 0) is 30.0 Å². The quantitative estimate of drug-likeness (QED) is 0.816. The molecule has 0 saturated heterocycles. The second-order valence-corrected chi connectivity index (χ2v) is 5.36. The molecule has 0 saturated carbocycles. The molecule has 0 aliphatic carbocycles. The number of nitrogens with one attached hydrogen (secondary N) is 1. The third-order valence-corrected chi connectivity index (χ3v) is 2.73. The van der Waals surface area contributed by atoms with Crippen LogP contribution in [0.4, 0.5) is 0 Å². The first-order chi connectivity index (χ1) is 7.43. The molecule has 16 heavy (non-hydrogen) atoms. The molecule has 0 aliphatic heterocycles. The minimum Gasteiger partial charge on any atom is -0.391 e. The molecule has 1 unspecified atom stereocenters. The van der Waals surface area contributed by atoms with Crippen molar-refractivity contribution < 1.29 is 5.11 Å². The maximum atomic E-state index is 9.67. The second-order valence-electron chi connectivity index (χ2n) is 5.36. The van der Waals surface area contributed by atoms with E-state index in [2.05, 4.69) is 50.4 Å². The lowest BCUT2D eigenvalue weighted by molar-refractivity contribution is 0.175. The Morgan fingerprint density at radius 3 is 2.19 bits per heavy atom. The van der Waals surface area contributed by atoms with Crippen LogP contribution in [0.2, 0.25) is 0 Å². The molecule has 2 nitrogen and oxygen atoms in total. The maximum absolute atomic E-state index is 9.67. The standard InChI is InChI=1S/C14H23NO/c1-14(2,3)12-7-5-11(6-8-12)9-13(16)10-15-4/h5-8,13,15-16H,9-10H2,1-4H3. The third kappa shape index (κ3) is 3.95. The van der Waals surface area contributed by atoms with Crippen LogP contribution >= 0.6 is 0 Å². The van der Waals surface area contributed by atoms with Gasteiger partial charge in [-0.3, -0.25) is 0 Å². The van der Waals surface area contributed by atoms with Gasteiger partial charge >= 0.3 is 0 Å². The minimum absolute atomic E-state index is 0.197. The summed E-state index contributed by atoms with van der Waals surface area (Å²) >= 11 is 0. The Bertz CT molecular complexity index is 311. The van der Waals surface area contributed by atoms with Crippen LogP contribution in [0.3, 0.4) is 0 Å². The van der Waals surface area contributed by atoms with Gasteiger partial charge in [-0.2, -0.15) is 0 Å². The molecule has 1 atom stereocenters. The lowest BCUT2D eigenvalue weighted by atomic mass is 9.86. The van der Waals surface area contributed by atoms with Gasteiger partial charge in [0.15, 0.2) is 0 Å². The van der Waals surface area contributed by atoms with Crippen molar-refractivity contribution in [2.75, 3.05) is 13.6 Å². The van der Waals surface area contributed by atoms with Crippen molar-refractivity contribution in [1.29, 1.82) is 0 Å². The first kappa shape index (κ1) is 13.2. The Labute approximate surface area is 98.7 Å². The third-order valence-electron chi connectivity index (χ3n) is 2.73. The van der Waals surface area contributed by atoms with E-state index >= 15 is 0 Å². The Kier molecular flexibility index (Phi) is 4.51. The van der Waals surface area contributed by atoms with Crippen molar-refractivity contribution >= 4 is 0 Å². The van der Waals surface area contributed by atoms with Crippen LogP contribution in [-0.4, -0.2) is 24.8 Å². The van der Waals surface area contributed by atoms with Crippen molar-refractivity contribution in [2.24, 2.45) is 0 Å². The zero-order valence-corrected chi connectivity index (χ0v) is 10.7. The van der Waals surface area contributed by atoms with Gasteiger partial charge in [-0.25, -0.2) is 0 Å². The van der Waals surface area contributed by atoms with Crippen LogP contribution in [0.1, 0.15) is 31.9 Å². The summed E-state index contributed by atoms with van der Waals surface area (Å²) in [5.74, 6) is 0. The molecule has 1 aromatic rings. The van der Waals surface area contributed by atoms with Crippen molar-refractivity contribution in [3.63, 3.8) is 0 Å². The molecule has 0 aromatic heterocycles. The lowest BCUT2D eigenvalue weighted by Crippen LogP contribution is -2.25. The zero-order valence-electron chi connectivity index (χ0n) is 10.7. The molecule has 0 bridgehead atoms. The van der Waals surface area contributed by atoms with E-state index in [4.69, 9.17) is 0 Å². The summed E-state index contributed by atoms with van der Waals surface area (Å²) in [6.45, 7) is 7.26. The molecular weight excluding hydrogens is 198 g/mol. The summed E-state index contributed by atoms with van der Waals surface area (Å²) in [4.78, 5) is 0. The molecule has 0 aliphatic rings. The van der Waals surface area contributed by atoms with Crippen molar-refractivity contribution in [3.8, 4) is 0 Å². The lowest BCUT2D eigenvalue weighted by Gasteiger charge is -2.19. The summed E-state index contributed by atoms with van der Waals surface area (Å²) in [6.07, 6.45) is 0.413. The molecule has 0 amide bonds. The summed E-state index contributed by atoms with van der Waals surface area (Å²) in [5, 5.41) is 12.6. The predicted molar refractivity (Wildman–Crippen MR) is 68.8 cm³/mol. The summed E-state index contributed by atoms with van der Waals surface area (Å²) in [6, 6.07) is 8.53. The number of hydrogen-bond acceptors (Lipinski definition) is 2. The van der Waals surface area contributed by atoms with Crippen LogP contribution in [0, 0.1) is 0 Å². The van der Waals surface area contributed by atoms with Gasteiger partial charge in [-0.15, -0.1) is 0 Å². The fourth-order valence-corrected chi connectivity index (χ4v) is 1.72. The number of aliphatic hydroxyl groups excluding tert-OH is 1. The van der Waals surface area contributed by atoms with E-state index in [9.17, 15) is 5.11 Å². The van der Waals surface area contributed by atoms with Crippen LogP contribution in [-0.2, 0) is 11.8 Å². The molecule has 2 N–H and O–H groups in total. The summed E-state index contributed by atoms with van der Waals surface area (Å²) in [5.41, 5.74) is 2.72. The highest BCUT2D eigenvalue weighted by Crippen LogP contribution is 2.22. The molecular formula is C14H23NO. The number of benzene rings is 1. The van der Waals surface area contributed by atoms with Gasteiger partial charge in [0.05, 0.1) is 6.10 Å². The fourth-order valence-electron chi connectivity index (χ4n) is 1.72. The summed E-state index contributed by atoms with van der Waals surface area (Å²) < 4.78 is 0. The molecule has 1 rings (SSSR count). The van der Waals surface area contributed by atoms with E-state index in [0.29, 0.717) is 13.0 Å². The Morgan fingerprint density at radius 2 is 1.75 bits per heavy atom. The van der Waals surface area contributed by atoms with Gasteiger partial charge in [-0.1, -0.05) is 45.0 Å². The number of aliphatic hydroxyl groups is 1. The van der Waals surface area contributed by atoms with E-state index < -0.39 is 0 Å². The normalized spacial score (nSPS) is 13.8. The van der Waals surface area contributed by atoms with Gasteiger partial charge in [0.2, 0.25) is 0 Å². The van der Waals surface area contributed by atoms with Crippen molar-refractivity contribution in [3.05, 3.63) is 35.4 Å². The van der Waals surface area contributed by atoms with E-state index in [1.54, 1.807) is 0 Å². The average molecular weight is 221 g/mol. The summed E-state index contributed by atoms with van der Waals surface area (Å²) in [7, 11) is 1.85. The predicted octanol–water partition coefficient (Wildman–Crippen LogP) is 2.11. The van der Waals surface area contributed by atoms with Crippen LogP contribution in [0.5, 0.6) is 0 Å². The van der Waals surface area contributed by atoms with Gasteiger partial charge in [0, 0.05) is 6.54 Å². The van der Waals surface area contributed by atoms with Crippen molar-refractivity contribution in [2.45, 2.75) is 38.7 Å². The number of hydrogen-bond donors (Lipinski definition) is 2. The largest absolute Gasteiger partial charge is 0.391 e. The zero-order chi connectivity index (χ0) is 12.2. The highest BCUT2D eigenvalue weighted by Gasteiger charge is 2.13. The molecule has 0 radical (unpaired) electrons. The second kappa shape index (κ2) is 5.46. The monoisotopic (exact) mass is 221 g/mol. The Balaban J connectivity index is 2.65. The van der Waals surface area contributed by atoms with Gasteiger partial charge in [0.1, 0.15) is 0 Å². The van der Waals surface area contributed by atoms with E-state index in [1.165, 1.54) is 11.1 Å². The van der Waals surface area contributed by atoms with Crippen LogP contribution < -0.4 is 5.32 Å². The molecule has 0 fully saturated rings. The van der Waals surface area contributed by atoms with Crippen molar-refractivity contribution in [1.82, 2.24) is 5.32 Å². The van der Waals surface area contributed by atoms with E-state index in [0.717, 1.165) is 0 Å². The SMILES string of the molecule is CNCC(O)Cc1ccc(C(C)(C)C)cc1. The minimum atomic E-state index is -0.300. The number of rotatable bonds is 4. The molecule has 1 aromatic carbocycles. The van der Waals surface area contributed by atoms with Crippen LogP contribution in [0.25, 0.3) is 0 Å². The molecule has 90 valence electrons. The smallest absolute Gasteiger partial charge is 0.0704 e. The first-order valence-electron chi connectivity index (χ1n) is 5.85. The fraction of sp³-hybridized carbons (Fsp3) is 0.571. The highest BCUT2D eigenvalue weighted by atomic mass is 16.3. The van der Waals surface area contributed by atoms with Gasteiger partial charge < -0.3 is 10.4 Å². The molecule has 2 heteroatoms. The van der Waals surface area contributed by atoms with E-state index in [-0.39, 0.29) is 11.5 Å². The Morgan fingerprint density at radius 1 is 1.19 bits per heavy atom. The van der Waals surface area contributed by atoms with Gasteiger partial charge in [0.25, 0.3) is 0 Å². The first-order valence-corrected chi connectivity index (χ1v) is 5.85. The van der Waals surface area contributed by atoms with Crippen LogP contribution in [0.15, 0.2) is 24.3 Å². The van der Waals surface area contributed by atoms with E-state index in [1.807, 2.05) is 7.05 Å².